The first-order chi connectivity index (χ1) is 14.5. The number of amides is 1. The van der Waals surface area contributed by atoms with Crippen molar-refractivity contribution in [3.8, 4) is 22.7 Å². The summed E-state index contributed by atoms with van der Waals surface area (Å²) >= 11 is 0. The van der Waals surface area contributed by atoms with Crippen LogP contribution in [-0.4, -0.2) is 41.9 Å². The fourth-order valence-corrected chi connectivity index (χ4v) is 3.43. The van der Waals surface area contributed by atoms with E-state index >= 15 is 0 Å². The molecule has 6 heteroatoms. The van der Waals surface area contributed by atoms with E-state index in [1.54, 1.807) is 7.11 Å². The van der Waals surface area contributed by atoms with Crippen LogP contribution in [0.15, 0.2) is 60.8 Å². The first-order valence-electron chi connectivity index (χ1n) is 10.4. The molecule has 1 heterocycles. The number of nitrogens with zero attached hydrogens (tertiary/aromatic N) is 2. The molecule has 3 rings (SSSR count). The zero-order valence-corrected chi connectivity index (χ0v) is 18.2. The second kappa shape index (κ2) is 10.1. The zero-order chi connectivity index (χ0) is 21.5. The number of rotatable bonds is 9. The van der Waals surface area contributed by atoms with Gasteiger partial charge in [0.05, 0.1) is 24.9 Å². The monoisotopic (exact) mass is 407 g/mol. The Hall–Kier alpha value is -3.12. The lowest BCUT2D eigenvalue weighted by molar-refractivity contribution is -0.904. The lowest BCUT2D eigenvalue weighted by atomic mass is 10.1. The van der Waals surface area contributed by atoms with E-state index in [1.807, 2.05) is 73.1 Å². The molecule has 30 heavy (non-hydrogen) atoms. The molecule has 1 atom stereocenters. The minimum atomic E-state index is 0.0725. The maximum atomic E-state index is 12.3. The van der Waals surface area contributed by atoms with Crippen LogP contribution in [0, 0.1) is 0 Å². The number of carbonyl (C=O) groups is 1. The number of likely N-dealkylation sites (N-methyl/N-ethyl adjacent to an activating group) is 1. The molecule has 2 aromatic carbocycles. The third-order valence-corrected chi connectivity index (χ3v) is 4.97. The largest absolute Gasteiger partial charge is 0.497 e. The molecular formula is C24H31N4O2+. The van der Waals surface area contributed by atoms with E-state index in [-0.39, 0.29) is 11.9 Å². The quantitative estimate of drug-likeness (QED) is 0.573. The fourth-order valence-electron chi connectivity index (χ4n) is 3.43. The average molecular weight is 408 g/mol. The summed E-state index contributed by atoms with van der Waals surface area (Å²) in [4.78, 5) is 13.5. The van der Waals surface area contributed by atoms with Gasteiger partial charge >= 0.3 is 0 Å². The Morgan fingerprint density at radius 2 is 1.83 bits per heavy atom. The SMILES string of the molecule is CC[NH+](CC(=O)NC(C)C)Cc1cn(-c2ccccc2)nc1-c1ccc(OC)cc1. The van der Waals surface area contributed by atoms with Crippen LogP contribution in [0.4, 0.5) is 0 Å². The average Bonchev–Trinajstić information content (AvgIpc) is 3.17. The normalized spacial score (nSPS) is 12.0. The van der Waals surface area contributed by atoms with Gasteiger partial charge in [-0.05, 0) is 57.2 Å². The Morgan fingerprint density at radius 3 is 2.43 bits per heavy atom. The number of nitrogens with one attached hydrogen (secondary N) is 2. The molecular weight excluding hydrogens is 376 g/mol. The van der Waals surface area contributed by atoms with E-state index in [0.717, 1.165) is 41.3 Å². The molecule has 158 valence electrons. The molecule has 1 aromatic heterocycles. The van der Waals surface area contributed by atoms with Gasteiger partial charge in [-0.2, -0.15) is 5.10 Å². The Balaban J connectivity index is 1.92. The van der Waals surface area contributed by atoms with Crippen LogP contribution in [-0.2, 0) is 11.3 Å². The number of quaternary nitrogens is 1. The third kappa shape index (κ3) is 5.48. The molecule has 1 amide bonds. The van der Waals surface area contributed by atoms with Crippen molar-refractivity contribution >= 4 is 5.91 Å². The second-order valence-corrected chi connectivity index (χ2v) is 7.69. The fraction of sp³-hybridized carbons (Fsp3) is 0.333. The number of carbonyl (C=O) groups excluding carboxylic acids is 1. The van der Waals surface area contributed by atoms with Crippen LogP contribution in [0.2, 0.25) is 0 Å². The van der Waals surface area contributed by atoms with Gasteiger partial charge < -0.3 is 15.0 Å². The number of hydrogen-bond donors (Lipinski definition) is 2. The van der Waals surface area contributed by atoms with E-state index in [1.165, 1.54) is 4.90 Å². The predicted molar refractivity (Wildman–Crippen MR) is 119 cm³/mol. The maximum Gasteiger partial charge on any atom is 0.275 e. The molecule has 3 aromatic rings. The van der Waals surface area contributed by atoms with Gasteiger partial charge in [-0.1, -0.05) is 18.2 Å². The van der Waals surface area contributed by atoms with Crippen LogP contribution in [0.1, 0.15) is 26.3 Å². The molecule has 0 bridgehead atoms. The molecule has 2 N–H and O–H groups in total. The van der Waals surface area contributed by atoms with Gasteiger partial charge in [0.1, 0.15) is 18.0 Å². The van der Waals surface area contributed by atoms with Crippen molar-refractivity contribution in [3.63, 3.8) is 0 Å². The zero-order valence-electron chi connectivity index (χ0n) is 18.2. The molecule has 6 nitrogen and oxygen atoms in total. The van der Waals surface area contributed by atoms with Crippen LogP contribution < -0.4 is 15.0 Å². The number of benzene rings is 2. The Labute approximate surface area is 178 Å². The van der Waals surface area contributed by atoms with Crippen LogP contribution in [0.3, 0.4) is 0 Å². The van der Waals surface area contributed by atoms with Gasteiger partial charge in [0, 0.05) is 17.8 Å². The van der Waals surface area contributed by atoms with Crippen LogP contribution in [0.5, 0.6) is 5.75 Å². The molecule has 0 radical (unpaired) electrons. The second-order valence-electron chi connectivity index (χ2n) is 7.69. The molecule has 1 unspecified atom stereocenters. The highest BCUT2D eigenvalue weighted by atomic mass is 16.5. The molecule has 0 saturated carbocycles. The van der Waals surface area contributed by atoms with Crippen molar-refractivity contribution in [3.05, 3.63) is 66.4 Å². The van der Waals surface area contributed by atoms with E-state index in [2.05, 4.69) is 18.4 Å². The smallest absolute Gasteiger partial charge is 0.275 e. The van der Waals surface area contributed by atoms with Crippen molar-refractivity contribution in [2.45, 2.75) is 33.4 Å². The van der Waals surface area contributed by atoms with E-state index < -0.39 is 0 Å². The Bertz CT molecular complexity index is 949. The van der Waals surface area contributed by atoms with Gasteiger partial charge in [-0.15, -0.1) is 0 Å². The first-order valence-corrected chi connectivity index (χ1v) is 10.4. The van der Waals surface area contributed by atoms with E-state index in [0.29, 0.717) is 6.54 Å². The van der Waals surface area contributed by atoms with Crippen molar-refractivity contribution < 1.29 is 14.4 Å². The topological polar surface area (TPSA) is 60.6 Å². The van der Waals surface area contributed by atoms with Gasteiger partial charge in [0.15, 0.2) is 6.54 Å². The summed E-state index contributed by atoms with van der Waals surface area (Å²) in [5.74, 6) is 0.886. The minimum Gasteiger partial charge on any atom is -0.497 e. The summed E-state index contributed by atoms with van der Waals surface area (Å²) in [6, 6.07) is 18.2. The molecule has 0 saturated heterocycles. The summed E-state index contributed by atoms with van der Waals surface area (Å²) in [7, 11) is 1.66. The first kappa shape index (κ1) is 21.6. The Kier molecular flexibility index (Phi) is 7.25. The minimum absolute atomic E-state index is 0.0725. The summed E-state index contributed by atoms with van der Waals surface area (Å²) < 4.78 is 7.21. The molecule has 0 spiro atoms. The molecule has 0 aliphatic rings. The van der Waals surface area contributed by atoms with Crippen LogP contribution in [0.25, 0.3) is 16.9 Å². The van der Waals surface area contributed by atoms with Gasteiger partial charge in [0.25, 0.3) is 5.91 Å². The Morgan fingerprint density at radius 1 is 1.13 bits per heavy atom. The summed E-state index contributed by atoms with van der Waals surface area (Å²) in [5, 5.41) is 7.87. The number of aromatic nitrogens is 2. The third-order valence-electron chi connectivity index (χ3n) is 4.97. The van der Waals surface area contributed by atoms with Crippen molar-refractivity contribution in [2.75, 3.05) is 20.2 Å². The standard InChI is InChI=1S/C24H30N4O2/c1-5-27(17-23(29)25-18(2)3)15-20-16-28(21-9-7-6-8-10-21)26-24(20)19-11-13-22(30-4)14-12-19/h6-14,16,18H,5,15,17H2,1-4H3,(H,25,29)/p+1. The maximum absolute atomic E-state index is 12.3. The number of ether oxygens (including phenoxy) is 1. The number of methoxy groups -OCH3 is 1. The lowest BCUT2D eigenvalue weighted by Gasteiger charge is -2.18. The summed E-state index contributed by atoms with van der Waals surface area (Å²) in [5.41, 5.74) is 4.08. The number of para-hydroxylation sites is 1. The van der Waals surface area contributed by atoms with Crippen LogP contribution >= 0.6 is 0 Å². The van der Waals surface area contributed by atoms with Gasteiger partial charge in [-0.3, -0.25) is 4.79 Å². The number of hydrogen-bond acceptors (Lipinski definition) is 3. The highest BCUT2D eigenvalue weighted by molar-refractivity contribution is 5.77. The summed E-state index contributed by atoms with van der Waals surface area (Å²) in [6.07, 6.45) is 2.07. The van der Waals surface area contributed by atoms with Gasteiger partial charge in [-0.25, -0.2) is 4.68 Å². The summed E-state index contributed by atoms with van der Waals surface area (Å²) in [6.45, 7) is 8.07. The van der Waals surface area contributed by atoms with Crippen molar-refractivity contribution in [1.29, 1.82) is 0 Å². The molecule has 0 aliphatic heterocycles. The lowest BCUT2D eigenvalue weighted by Crippen LogP contribution is -3.11. The highest BCUT2D eigenvalue weighted by Gasteiger charge is 2.19. The van der Waals surface area contributed by atoms with E-state index in [4.69, 9.17) is 9.84 Å². The van der Waals surface area contributed by atoms with Crippen molar-refractivity contribution in [2.24, 2.45) is 0 Å². The highest BCUT2D eigenvalue weighted by Crippen LogP contribution is 2.25. The van der Waals surface area contributed by atoms with Gasteiger partial charge in [0.2, 0.25) is 0 Å². The predicted octanol–water partition coefficient (Wildman–Crippen LogP) is 2.48. The molecule has 0 fully saturated rings. The van der Waals surface area contributed by atoms with Crippen molar-refractivity contribution in [1.82, 2.24) is 15.1 Å². The molecule has 0 aliphatic carbocycles. The van der Waals surface area contributed by atoms with E-state index in [9.17, 15) is 4.79 Å².